The third kappa shape index (κ3) is 4.33. The van der Waals surface area contributed by atoms with Gasteiger partial charge in [-0.25, -0.2) is 4.98 Å². The zero-order chi connectivity index (χ0) is 22.1. The van der Waals surface area contributed by atoms with Crippen LogP contribution in [0.25, 0.3) is 11.0 Å². The summed E-state index contributed by atoms with van der Waals surface area (Å²) in [5.74, 6) is 0.889. The van der Waals surface area contributed by atoms with Gasteiger partial charge in [-0.05, 0) is 60.9 Å². The van der Waals surface area contributed by atoms with Gasteiger partial charge in [0.05, 0.1) is 16.7 Å². The van der Waals surface area contributed by atoms with Crippen LogP contribution in [0, 0.1) is 13.8 Å². The predicted molar refractivity (Wildman–Crippen MR) is 131 cm³/mol. The first-order chi connectivity index (χ1) is 14.2. The van der Waals surface area contributed by atoms with Gasteiger partial charge < -0.3 is 14.8 Å². The van der Waals surface area contributed by atoms with Crippen LogP contribution >= 0.6 is 0 Å². The molecule has 0 amide bonds. The van der Waals surface area contributed by atoms with Gasteiger partial charge in [0.25, 0.3) is 0 Å². The van der Waals surface area contributed by atoms with E-state index in [1.807, 2.05) is 0 Å². The summed E-state index contributed by atoms with van der Waals surface area (Å²) in [6, 6.07) is 11.1. The average molecular weight is 407 g/mol. The Morgan fingerprint density at radius 3 is 2.13 bits per heavy atom. The molecule has 0 unspecified atom stereocenters. The molecule has 0 radical (unpaired) electrons. The molecule has 1 heterocycles. The van der Waals surface area contributed by atoms with Gasteiger partial charge in [-0.2, -0.15) is 0 Å². The molecule has 1 aromatic heterocycles. The Kier molecular flexibility index (Phi) is 6.44. The molecule has 0 fully saturated rings. The Morgan fingerprint density at radius 2 is 1.60 bits per heavy atom. The van der Waals surface area contributed by atoms with E-state index in [1.165, 1.54) is 27.9 Å². The third-order valence-corrected chi connectivity index (χ3v) is 5.84. The quantitative estimate of drug-likeness (QED) is 0.465. The molecule has 0 spiro atoms. The summed E-state index contributed by atoms with van der Waals surface area (Å²) < 4.78 is 2.21. The van der Waals surface area contributed by atoms with Crippen molar-refractivity contribution in [2.24, 2.45) is 7.05 Å². The highest BCUT2D eigenvalue weighted by molar-refractivity contribution is 5.91. The van der Waals surface area contributed by atoms with Crippen LogP contribution in [0.3, 0.4) is 0 Å². The number of benzene rings is 2. The lowest BCUT2D eigenvalue weighted by molar-refractivity contribution is 0.589. The van der Waals surface area contributed by atoms with Crippen molar-refractivity contribution in [1.29, 1.82) is 0 Å². The number of aryl methyl sites for hydroxylation is 3. The fourth-order valence-corrected chi connectivity index (χ4v) is 4.21. The van der Waals surface area contributed by atoms with Gasteiger partial charge in [0.1, 0.15) is 0 Å². The molecule has 0 saturated carbocycles. The molecule has 4 heteroatoms. The summed E-state index contributed by atoms with van der Waals surface area (Å²) in [4.78, 5) is 7.44. The van der Waals surface area contributed by atoms with E-state index in [1.54, 1.807) is 0 Å². The Labute approximate surface area is 182 Å². The first kappa shape index (κ1) is 22.2. The van der Waals surface area contributed by atoms with Crippen molar-refractivity contribution < 1.29 is 0 Å². The minimum Gasteiger partial charge on any atom is -0.370 e. The van der Waals surface area contributed by atoms with Gasteiger partial charge in [-0.1, -0.05) is 52.8 Å². The first-order valence-corrected chi connectivity index (χ1v) is 11.3. The molecule has 30 heavy (non-hydrogen) atoms. The highest BCUT2D eigenvalue weighted by Crippen LogP contribution is 2.34. The van der Waals surface area contributed by atoms with Crippen molar-refractivity contribution in [3.63, 3.8) is 0 Å². The topological polar surface area (TPSA) is 33.1 Å². The van der Waals surface area contributed by atoms with Gasteiger partial charge >= 0.3 is 0 Å². The molecular formula is C26H38N4. The number of nitrogens with zero attached hydrogens (tertiary/aromatic N) is 3. The van der Waals surface area contributed by atoms with E-state index in [2.05, 4.69) is 101 Å². The minimum absolute atomic E-state index is 0.142. The monoisotopic (exact) mass is 406 g/mol. The maximum Gasteiger partial charge on any atom is 0.208 e. The van der Waals surface area contributed by atoms with Crippen LogP contribution in [-0.2, 0) is 12.5 Å². The molecule has 4 nitrogen and oxygen atoms in total. The molecule has 0 saturated heterocycles. The minimum atomic E-state index is 0.142. The van der Waals surface area contributed by atoms with Crippen molar-refractivity contribution in [1.82, 2.24) is 9.55 Å². The summed E-state index contributed by atoms with van der Waals surface area (Å²) >= 11 is 0. The number of fused-ring (bicyclic) bond motifs is 1. The van der Waals surface area contributed by atoms with E-state index in [0.29, 0.717) is 0 Å². The van der Waals surface area contributed by atoms with E-state index in [0.717, 1.165) is 43.1 Å². The van der Waals surface area contributed by atoms with Gasteiger partial charge in [0.15, 0.2) is 0 Å². The fraction of sp³-hybridized carbons (Fsp3) is 0.500. The van der Waals surface area contributed by atoms with Crippen molar-refractivity contribution in [3.05, 3.63) is 47.0 Å². The zero-order valence-corrected chi connectivity index (χ0v) is 20.1. The van der Waals surface area contributed by atoms with Crippen LogP contribution < -0.4 is 10.2 Å². The zero-order valence-electron chi connectivity index (χ0n) is 20.1. The lowest BCUT2D eigenvalue weighted by atomic mass is 9.85. The van der Waals surface area contributed by atoms with Gasteiger partial charge in [0, 0.05) is 25.8 Å². The number of hydrogen-bond donors (Lipinski definition) is 1. The van der Waals surface area contributed by atoms with Crippen LogP contribution in [0.1, 0.15) is 64.2 Å². The average Bonchev–Trinajstić information content (AvgIpc) is 2.99. The maximum atomic E-state index is 4.95. The highest BCUT2D eigenvalue weighted by atomic mass is 15.2. The second-order valence-corrected chi connectivity index (χ2v) is 9.49. The van der Waals surface area contributed by atoms with E-state index in [9.17, 15) is 0 Å². The number of anilines is 3. The number of hydrogen-bond acceptors (Lipinski definition) is 3. The van der Waals surface area contributed by atoms with Crippen molar-refractivity contribution in [3.8, 4) is 0 Å². The standard InChI is InChI=1S/C26H38N4/c1-9-14-30(15-10-2)22-13-11-12-21-24(22)29(8)25(27-21)28-23-18(3)16-20(17-19(23)4)26(5,6)7/h11-13,16-17H,9-10,14-15H2,1-8H3,(H,27,28). The summed E-state index contributed by atoms with van der Waals surface area (Å²) in [6.07, 6.45) is 2.27. The summed E-state index contributed by atoms with van der Waals surface area (Å²) in [6.45, 7) is 17.8. The van der Waals surface area contributed by atoms with Crippen molar-refractivity contribution in [2.45, 2.75) is 66.7 Å². The van der Waals surface area contributed by atoms with Crippen LogP contribution in [0.15, 0.2) is 30.3 Å². The Morgan fingerprint density at radius 1 is 1.00 bits per heavy atom. The number of rotatable bonds is 7. The summed E-state index contributed by atoms with van der Waals surface area (Å²) in [5.41, 5.74) is 8.68. The number of nitrogens with one attached hydrogen (secondary N) is 1. The number of imidazole rings is 1. The molecule has 162 valence electrons. The molecule has 0 aliphatic rings. The van der Waals surface area contributed by atoms with Gasteiger partial charge in [-0.3, -0.25) is 0 Å². The number of para-hydroxylation sites is 1. The molecule has 3 aromatic rings. The highest BCUT2D eigenvalue weighted by Gasteiger charge is 2.19. The van der Waals surface area contributed by atoms with Crippen LogP contribution in [0.4, 0.5) is 17.3 Å². The SMILES string of the molecule is CCCN(CCC)c1cccc2nc(Nc3c(C)cc(C(C)(C)C)cc3C)n(C)c12. The number of aromatic nitrogens is 2. The second-order valence-electron chi connectivity index (χ2n) is 9.49. The fourth-order valence-electron chi connectivity index (χ4n) is 4.21. The molecule has 0 atom stereocenters. The van der Waals surface area contributed by atoms with Gasteiger partial charge in [-0.15, -0.1) is 0 Å². The van der Waals surface area contributed by atoms with Crippen LogP contribution in [0.5, 0.6) is 0 Å². The molecule has 3 rings (SSSR count). The summed E-state index contributed by atoms with van der Waals surface area (Å²) in [5, 5.41) is 3.64. The second kappa shape index (κ2) is 8.71. The van der Waals surface area contributed by atoms with E-state index >= 15 is 0 Å². The van der Waals surface area contributed by atoms with Crippen LogP contribution in [0.2, 0.25) is 0 Å². The Balaban J connectivity index is 2.05. The predicted octanol–water partition coefficient (Wildman–Crippen LogP) is 6.86. The van der Waals surface area contributed by atoms with E-state index < -0.39 is 0 Å². The molecular weight excluding hydrogens is 368 g/mol. The normalized spacial score (nSPS) is 11.9. The molecule has 1 N–H and O–H groups in total. The summed E-state index contributed by atoms with van der Waals surface area (Å²) in [7, 11) is 2.12. The molecule has 2 aromatic carbocycles. The van der Waals surface area contributed by atoms with E-state index in [4.69, 9.17) is 4.98 Å². The smallest absolute Gasteiger partial charge is 0.208 e. The Hall–Kier alpha value is -2.49. The molecule has 0 bridgehead atoms. The van der Waals surface area contributed by atoms with Crippen molar-refractivity contribution in [2.75, 3.05) is 23.3 Å². The first-order valence-electron chi connectivity index (χ1n) is 11.3. The van der Waals surface area contributed by atoms with Crippen molar-refractivity contribution >= 4 is 28.4 Å². The van der Waals surface area contributed by atoms with E-state index in [-0.39, 0.29) is 5.41 Å². The Bertz CT molecular complexity index is 994. The molecule has 0 aliphatic heterocycles. The maximum absolute atomic E-state index is 4.95. The third-order valence-electron chi connectivity index (χ3n) is 5.84. The van der Waals surface area contributed by atoms with Gasteiger partial charge in [0.2, 0.25) is 5.95 Å². The lowest BCUT2D eigenvalue weighted by Gasteiger charge is -2.25. The van der Waals surface area contributed by atoms with Crippen LogP contribution in [-0.4, -0.2) is 22.6 Å². The molecule has 0 aliphatic carbocycles. The lowest BCUT2D eigenvalue weighted by Crippen LogP contribution is -2.25. The largest absolute Gasteiger partial charge is 0.370 e.